The van der Waals surface area contributed by atoms with Gasteiger partial charge >= 0.3 is 0 Å². The fraction of sp³-hybridized carbons (Fsp3) is 0.520. The Kier molecular flexibility index (Phi) is 7.15. The Bertz CT molecular complexity index is 1380. The highest BCUT2D eigenvalue weighted by atomic mass is 32.2. The highest BCUT2D eigenvalue weighted by Gasteiger charge is 2.29. The summed E-state index contributed by atoms with van der Waals surface area (Å²) in [5.41, 5.74) is 1.06. The number of sulfone groups is 1. The zero-order chi connectivity index (χ0) is 26.2. The van der Waals surface area contributed by atoms with Crippen molar-refractivity contribution in [3.63, 3.8) is 0 Å². The first-order valence-electron chi connectivity index (χ1n) is 12.5. The van der Waals surface area contributed by atoms with Crippen molar-refractivity contribution in [2.45, 2.75) is 44.8 Å². The minimum Gasteiger partial charge on any atom is -0.389 e. The van der Waals surface area contributed by atoms with Gasteiger partial charge in [0.15, 0.2) is 9.84 Å². The molecule has 5 heterocycles. The van der Waals surface area contributed by atoms with Crippen LogP contribution in [0, 0.1) is 0 Å². The fourth-order valence-electron chi connectivity index (χ4n) is 5.00. The third-order valence-electron chi connectivity index (χ3n) is 6.94. The number of ether oxygens (including phenoxy) is 1. The summed E-state index contributed by atoms with van der Waals surface area (Å²) in [6.45, 7) is 5.94. The summed E-state index contributed by atoms with van der Waals surface area (Å²) in [6.07, 6.45) is 5.76. The molecule has 198 valence electrons. The highest BCUT2D eigenvalue weighted by Crippen LogP contribution is 2.33. The van der Waals surface area contributed by atoms with Crippen LogP contribution in [0.2, 0.25) is 0 Å². The predicted octanol–water partition coefficient (Wildman–Crippen LogP) is 2.46. The number of fused-ring (bicyclic) bond motifs is 1. The van der Waals surface area contributed by atoms with Crippen molar-refractivity contribution in [3.05, 3.63) is 36.3 Å². The maximum atomic E-state index is 12.3. The second kappa shape index (κ2) is 10.3. The number of aliphatic hydroxyl groups excluding tert-OH is 1. The van der Waals surface area contributed by atoms with E-state index in [1.54, 1.807) is 25.6 Å². The van der Waals surface area contributed by atoms with Gasteiger partial charge < -0.3 is 25.0 Å². The van der Waals surface area contributed by atoms with Crippen LogP contribution in [-0.2, 0) is 14.6 Å². The number of nitrogens with zero attached hydrogens (tertiary/aromatic N) is 6. The van der Waals surface area contributed by atoms with Crippen LogP contribution in [0.1, 0.15) is 38.2 Å². The molecule has 0 aliphatic carbocycles. The third-order valence-corrected chi connectivity index (χ3v) is 8.56. The number of nitrogens with one attached hydrogen (secondary N) is 1. The molecule has 3 aromatic heterocycles. The molecule has 5 rings (SSSR count). The average Bonchev–Trinajstić information content (AvgIpc) is 2.87. The van der Waals surface area contributed by atoms with E-state index in [9.17, 15) is 13.5 Å². The molecular weight excluding hydrogens is 494 g/mol. The number of anilines is 4. The van der Waals surface area contributed by atoms with Crippen molar-refractivity contribution >= 4 is 44.0 Å². The number of aromatic nitrogens is 4. The van der Waals surface area contributed by atoms with Gasteiger partial charge in [0.2, 0.25) is 5.95 Å². The Morgan fingerprint density at radius 3 is 2.68 bits per heavy atom. The van der Waals surface area contributed by atoms with Crippen molar-refractivity contribution in [1.29, 1.82) is 0 Å². The smallest absolute Gasteiger partial charge is 0.227 e. The molecule has 0 aromatic carbocycles. The Labute approximate surface area is 216 Å². The van der Waals surface area contributed by atoms with Crippen LogP contribution in [0.15, 0.2) is 30.7 Å². The first-order valence-corrected chi connectivity index (χ1v) is 14.4. The van der Waals surface area contributed by atoms with Crippen LogP contribution in [0.3, 0.4) is 0 Å². The fourth-order valence-corrected chi connectivity index (χ4v) is 6.42. The van der Waals surface area contributed by atoms with Gasteiger partial charge in [0.05, 0.1) is 18.0 Å². The first-order chi connectivity index (χ1) is 17.7. The van der Waals surface area contributed by atoms with E-state index < -0.39 is 15.9 Å². The van der Waals surface area contributed by atoms with Gasteiger partial charge in [-0.15, -0.1) is 0 Å². The number of pyridine rings is 2. The molecule has 3 aromatic rings. The Morgan fingerprint density at radius 2 is 1.95 bits per heavy atom. The molecule has 0 saturated carbocycles. The zero-order valence-corrected chi connectivity index (χ0v) is 22.1. The molecule has 37 heavy (non-hydrogen) atoms. The van der Waals surface area contributed by atoms with Gasteiger partial charge in [0.1, 0.15) is 23.3 Å². The van der Waals surface area contributed by atoms with Gasteiger partial charge in [-0.05, 0) is 41.8 Å². The van der Waals surface area contributed by atoms with Gasteiger partial charge in [-0.2, -0.15) is 4.98 Å². The standard InChI is InChI=1S/C25H33N7O4S/c1-16(2)18-12-28-24(32-8-4-10-37(34,35)15-32)19-13-27-23(11-17(18)19)29-22-5-7-26-25(30-22)31-9-6-21(36-3)20(33)14-31/h5,7,11-13,16,20-21,33H,4,6,8-10,14-15H2,1-3H3,(H,26,27,29,30)/t20-,21+/m1/s1. The topological polar surface area (TPSA) is 134 Å². The SMILES string of the molecule is CO[C@H]1CCN(c2nccc(Nc3cc4c(C(C)C)cnc(N5CCCS(=O)(=O)C5)c4cn3)n2)C[C@H]1O. The van der Waals surface area contributed by atoms with Crippen LogP contribution >= 0.6 is 0 Å². The van der Waals surface area contributed by atoms with Crippen molar-refractivity contribution in [3.8, 4) is 0 Å². The zero-order valence-electron chi connectivity index (χ0n) is 21.3. The Balaban J connectivity index is 1.43. The summed E-state index contributed by atoms with van der Waals surface area (Å²) in [5.74, 6) is 2.77. The number of hydrogen-bond donors (Lipinski definition) is 2. The second-order valence-electron chi connectivity index (χ2n) is 9.94. The molecule has 0 bridgehead atoms. The Morgan fingerprint density at radius 1 is 1.11 bits per heavy atom. The molecule has 0 unspecified atom stereocenters. The molecule has 12 heteroatoms. The first kappa shape index (κ1) is 25.6. The molecule has 2 N–H and O–H groups in total. The van der Waals surface area contributed by atoms with Gasteiger partial charge in [-0.1, -0.05) is 13.8 Å². The second-order valence-corrected chi connectivity index (χ2v) is 12.1. The summed E-state index contributed by atoms with van der Waals surface area (Å²) in [7, 11) is -1.52. The maximum Gasteiger partial charge on any atom is 0.227 e. The van der Waals surface area contributed by atoms with Gasteiger partial charge in [0, 0.05) is 50.7 Å². The maximum absolute atomic E-state index is 12.3. The van der Waals surface area contributed by atoms with E-state index in [0.29, 0.717) is 55.9 Å². The molecule has 2 atom stereocenters. The summed E-state index contributed by atoms with van der Waals surface area (Å²) >= 11 is 0. The highest BCUT2D eigenvalue weighted by molar-refractivity contribution is 7.91. The average molecular weight is 528 g/mol. The summed E-state index contributed by atoms with van der Waals surface area (Å²) in [6, 6.07) is 3.73. The largest absolute Gasteiger partial charge is 0.389 e. The van der Waals surface area contributed by atoms with Crippen molar-refractivity contribution < 1.29 is 18.3 Å². The lowest BCUT2D eigenvalue weighted by atomic mass is 9.99. The summed E-state index contributed by atoms with van der Waals surface area (Å²) in [4.78, 5) is 22.1. The molecule has 2 saturated heterocycles. The van der Waals surface area contributed by atoms with Crippen LogP contribution in [0.5, 0.6) is 0 Å². The molecular formula is C25H33N7O4S. The number of hydrogen-bond acceptors (Lipinski definition) is 11. The summed E-state index contributed by atoms with van der Waals surface area (Å²) < 4.78 is 29.9. The van der Waals surface area contributed by atoms with E-state index in [4.69, 9.17) is 4.74 Å². The van der Waals surface area contributed by atoms with Gasteiger partial charge in [0.25, 0.3) is 0 Å². The molecule has 0 spiro atoms. The lowest BCUT2D eigenvalue weighted by molar-refractivity contribution is -0.0219. The normalized spacial score (nSPS) is 22.0. The number of rotatable bonds is 6. The van der Waals surface area contributed by atoms with Crippen molar-refractivity contribution in [2.75, 3.05) is 53.5 Å². The van der Waals surface area contributed by atoms with E-state index in [1.165, 1.54) is 0 Å². The molecule has 0 amide bonds. The van der Waals surface area contributed by atoms with E-state index in [2.05, 4.69) is 39.1 Å². The monoisotopic (exact) mass is 527 g/mol. The molecule has 0 radical (unpaired) electrons. The van der Waals surface area contributed by atoms with Gasteiger partial charge in [-0.25, -0.2) is 23.4 Å². The van der Waals surface area contributed by atoms with Gasteiger partial charge in [-0.3, -0.25) is 0 Å². The molecule has 2 fully saturated rings. The van der Waals surface area contributed by atoms with Crippen LogP contribution in [0.25, 0.3) is 10.8 Å². The molecule has 2 aliphatic heterocycles. The van der Waals surface area contributed by atoms with E-state index in [0.717, 1.165) is 16.3 Å². The van der Waals surface area contributed by atoms with Crippen LogP contribution < -0.4 is 15.1 Å². The van der Waals surface area contributed by atoms with Crippen LogP contribution in [0.4, 0.5) is 23.4 Å². The van der Waals surface area contributed by atoms with E-state index >= 15 is 0 Å². The number of β-amino-alcohol motifs (C(OH)–C–C–N with tert-alkyl or cyclic N) is 1. The quantitative estimate of drug-likeness (QED) is 0.490. The van der Waals surface area contributed by atoms with Crippen LogP contribution in [-0.4, -0.2) is 84.0 Å². The lowest BCUT2D eigenvalue weighted by Gasteiger charge is -2.35. The number of piperidine rings is 1. The van der Waals surface area contributed by atoms with Crippen molar-refractivity contribution in [1.82, 2.24) is 19.9 Å². The number of aliphatic hydroxyl groups is 1. The molecule has 11 nitrogen and oxygen atoms in total. The lowest BCUT2D eigenvalue weighted by Crippen LogP contribution is -2.48. The third kappa shape index (κ3) is 5.46. The van der Waals surface area contributed by atoms with E-state index in [1.807, 2.05) is 22.1 Å². The predicted molar refractivity (Wildman–Crippen MR) is 143 cm³/mol. The Hall–Kier alpha value is -3.09. The molecule has 2 aliphatic rings. The van der Waals surface area contributed by atoms with E-state index in [-0.39, 0.29) is 23.7 Å². The minimum atomic E-state index is -3.13. The summed E-state index contributed by atoms with van der Waals surface area (Å²) in [5, 5.41) is 15.4. The number of methoxy groups -OCH3 is 1. The van der Waals surface area contributed by atoms with Crippen molar-refractivity contribution in [2.24, 2.45) is 0 Å². The minimum absolute atomic E-state index is 0.0316.